The number of hydrogen-bond acceptors (Lipinski definition) is 1. The molecule has 2 nitrogen and oxygen atoms in total. The predicted molar refractivity (Wildman–Crippen MR) is 39.9 cm³/mol. The van der Waals surface area contributed by atoms with Gasteiger partial charge in [0.1, 0.15) is 6.20 Å². The second-order valence-corrected chi connectivity index (χ2v) is 2.51. The van der Waals surface area contributed by atoms with Crippen LogP contribution in [0.1, 0.15) is 0 Å². The Morgan fingerprint density at radius 2 is 1.92 bits per heavy atom. The molecule has 1 aromatic heterocycles. The van der Waals surface area contributed by atoms with Crippen LogP contribution in [0.2, 0.25) is 0 Å². The van der Waals surface area contributed by atoms with Gasteiger partial charge in [0, 0.05) is 5.39 Å². The molecule has 5 heteroatoms. The third-order valence-corrected chi connectivity index (χ3v) is 1.64. The molecule has 0 atom stereocenters. The van der Waals surface area contributed by atoms with Crippen molar-refractivity contribution < 1.29 is 13.2 Å². The summed E-state index contributed by atoms with van der Waals surface area (Å²) in [6.45, 7) is 0. The number of hydrogen-bond donors (Lipinski definition) is 0. The summed E-state index contributed by atoms with van der Waals surface area (Å²) in [6.07, 6.45) is -2.18. The van der Waals surface area contributed by atoms with Crippen LogP contribution in [0.15, 0.2) is 24.3 Å². The number of rotatable bonds is 0. The Balaban J connectivity index is 2.72. The zero-order valence-corrected chi connectivity index (χ0v) is 6.34. The van der Waals surface area contributed by atoms with Crippen LogP contribution in [0.3, 0.4) is 0 Å². The Hall–Kier alpha value is -1.52. The summed E-state index contributed by atoms with van der Waals surface area (Å²) >= 11 is 0. The van der Waals surface area contributed by atoms with Crippen LogP contribution in [0.5, 0.6) is 0 Å². The molecule has 0 N–H and O–H groups in total. The second-order valence-electron chi connectivity index (χ2n) is 2.51. The molecule has 0 bridgehead atoms. The average Bonchev–Trinajstić information content (AvgIpc) is 2.45. The Morgan fingerprint density at radius 3 is 2.62 bits per heavy atom. The van der Waals surface area contributed by atoms with Crippen molar-refractivity contribution in [3.63, 3.8) is 0 Å². The first-order chi connectivity index (χ1) is 6.09. The third-order valence-electron chi connectivity index (χ3n) is 1.64. The molecule has 0 spiro atoms. The lowest BCUT2D eigenvalue weighted by molar-refractivity contribution is -0.209. The van der Waals surface area contributed by atoms with E-state index in [2.05, 4.69) is 11.3 Å². The van der Waals surface area contributed by atoms with Crippen LogP contribution >= 0.6 is 0 Å². The Morgan fingerprint density at radius 1 is 1.23 bits per heavy atom. The van der Waals surface area contributed by atoms with Gasteiger partial charge in [-0.05, 0) is 6.07 Å². The van der Waals surface area contributed by atoms with Gasteiger partial charge in [0.15, 0.2) is 0 Å². The molecular formula is C8H4F3N2. The first-order valence-corrected chi connectivity index (χ1v) is 3.52. The normalized spacial score (nSPS) is 12.2. The summed E-state index contributed by atoms with van der Waals surface area (Å²) in [5.41, 5.74) is 0.0231. The van der Waals surface area contributed by atoms with E-state index in [9.17, 15) is 13.2 Å². The van der Waals surface area contributed by atoms with Crippen LogP contribution in [0.4, 0.5) is 13.2 Å². The molecule has 0 aliphatic carbocycles. The fraction of sp³-hybridized carbons (Fsp3) is 0.125. The lowest BCUT2D eigenvalue weighted by Crippen LogP contribution is -2.17. The summed E-state index contributed by atoms with van der Waals surface area (Å²) in [4.78, 5) is 0. The van der Waals surface area contributed by atoms with Crippen molar-refractivity contribution in [3.05, 3.63) is 30.5 Å². The van der Waals surface area contributed by atoms with Crippen LogP contribution < -0.4 is 0 Å². The van der Waals surface area contributed by atoms with Gasteiger partial charge in [-0.1, -0.05) is 18.2 Å². The number of benzene rings is 1. The van der Waals surface area contributed by atoms with Crippen LogP contribution in [-0.2, 0) is 6.30 Å². The number of fused-ring (bicyclic) bond motifs is 1. The predicted octanol–water partition coefficient (Wildman–Crippen LogP) is 2.31. The molecule has 0 fully saturated rings. The van der Waals surface area contributed by atoms with Crippen LogP contribution in [0.25, 0.3) is 10.9 Å². The standard InChI is InChI=1S/C8H4F3N2/c9-8(10,11)13-7-4-2-1-3-6(7)5-12-13/h1-4H. The van der Waals surface area contributed by atoms with Crippen LogP contribution in [-0.4, -0.2) is 9.78 Å². The second kappa shape index (κ2) is 2.48. The molecule has 0 unspecified atom stereocenters. The minimum absolute atomic E-state index is 0.00231. The third kappa shape index (κ3) is 1.26. The molecule has 1 radical (unpaired) electrons. The van der Waals surface area contributed by atoms with E-state index >= 15 is 0 Å². The monoisotopic (exact) mass is 185 g/mol. The fourth-order valence-corrected chi connectivity index (χ4v) is 1.10. The topological polar surface area (TPSA) is 17.8 Å². The average molecular weight is 185 g/mol. The van der Waals surface area contributed by atoms with Crippen molar-refractivity contribution in [3.8, 4) is 0 Å². The largest absolute Gasteiger partial charge is 0.505 e. The van der Waals surface area contributed by atoms with Gasteiger partial charge in [0.25, 0.3) is 0 Å². The van der Waals surface area contributed by atoms with Gasteiger partial charge in [-0.3, -0.25) is 0 Å². The molecule has 0 saturated heterocycles. The van der Waals surface area contributed by atoms with Gasteiger partial charge in [-0.2, -0.15) is 9.78 Å². The highest BCUT2D eigenvalue weighted by atomic mass is 19.4. The van der Waals surface area contributed by atoms with Crippen molar-refractivity contribution >= 4 is 10.9 Å². The van der Waals surface area contributed by atoms with Crippen molar-refractivity contribution in [1.82, 2.24) is 9.78 Å². The van der Waals surface area contributed by atoms with E-state index in [1.54, 1.807) is 6.07 Å². The van der Waals surface area contributed by atoms with E-state index < -0.39 is 6.30 Å². The molecule has 67 valence electrons. The molecule has 13 heavy (non-hydrogen) atoms. The minimum Gasteiger partial charge on any atom is -0.170 e. The smallest absolute Gasteiger partial charge is 0.170 e. The number of para-hydroxylation sites is 1. The summed E-state index contributed by atoms with van der Waals surface area (Å²) in [7, 11) is 0. The highest BCUT2D eigenvalue weighted by Gasteiger charge is 2.33. The van der Waals surface area contributed by atoms with Crippen molar-refractivity contribution in [2.45, 2.75) is 6.30 Å². The minimum atomic E-state index is -4.47. The van der Waals surface area contributed by atoms with E-state index in [0.717, 1.165) is 0 Å². The molecular weight excluding hydrogens is 181 g/mol. The van der Waals surface area contributed by atoms with E-state index in [0.29, 0.717) is 5.39 Å². The van der Waals surface area contributed by atoms with Gasteiger partial charge in [0.05, 0.1) is 5.52 Å². The molecule has 0 aliphatic heterocycles. The number of nitrogens with zero attached hydrogens (tertiary/aromatic N) is 2. The lowest BCUT2D eigenvalue weighted by atomic mass is 10.3. The molecule has 2 aromatic rings. The Labute approximate surface area is 71.6 Å². The van der Waals surface area contributed by atoms with Gasteiger partial charge < -0.3 is 0 Å². The summed E-state index contributed by atoms with van der Waals surface area (Å²) in [6, 6.07) is 6.05. The van der Waals surface area contributed by atoms with Gasteiger partial charge in [-0.15, -0.1) is 13.2 Å². The maximum absolute atomic E-state index is 12.2. The summed E-state index contributed by atoms with van der Waals surface area (Å²) in [5, 5.41) is 3.49. The van der Waals surface area contributed by atoms with Gasteiger partial charge in [-0.25, -0.2) is 0 Å². The number of halogens is 3. The first kappa shape index (κ1) is 8.10. The molecule has 0 amide bonds. The maximum Gasteiger partial charge on any atom is 0.505 e. The highest BCUT2D eigenvalue weighted by Crippen LogP contribution is 2.25. The Bertz CT molecular complexity index is 430. The fourth-order valence-electron chi connectivity index (χ4n) is 1.10. The molecule has 1 heterocycles. The van der Waals surface area contributed by atoms with Crippen LogP contribution in [0, 0.1) is 6.20 Å². The van der Waals surface area contributed by atoms with E-state index in [4.69, 9.17) is 0 Å². The zero-order valence-electron chi connectivity index (χ0n) is 6.34. The van der Waals surface area contributed by atoms with Gasteiger partial charge in [0.2, 0.25) is 0 Å². The molecule has 0 saturated carbocycles. The molecule has 1 aromatic carbocycles. The lowest BCUT2D eigenvalue weighted by Gasteiger charge is -2.06. The maximum atomic E-state index is 12.2. The zero-order chi connectivity index (χ0) is 9.47. The first-order valence-electron chi connectivity index (χ1n) is 3.52. The number of aromatic nitrogens is 2. The number of alkyl halides is 3. The van der Waals surface area contributed by atoms with Crippen molar-refractivity contribution in [2.75, 3.05) is 0 Å². The molecule has 2 rings (SSSR count). The van der Waals surface area contributed by atoms with Crippen molar-refractivity contribution in [2.24, 2.45) is 0 Å². The summed E-state index contributed by atoms with van der Waals surface area (Å²) < 4.78 is 36.7. The van der Waals surface area contributed by atoms with Gasteiger partial charge >= 0.3 is 6.30 Å². The van der Waals surface area contributed by atoms with Crippen molar-refractivity contribution in [1.29, 1.82) is 0 Å². The van der Waals surface area contributed by atoms with E-state index in [1.165, 1.54) is 18.2 Å². The SMILES string of the molecule is FC(F)(F)n1n[c]c2ccccc21. The Kier molecular flexibility index (Phi) is 1.55. The molecule has 0 aliphatic rings. The van der Waals surface area contributed by atoms with E-state index in [1.807, 2.05) is 0 Å². The summed E-state index contributed by atoms with van der Waals surface area (Å²) in [5.74, 6) is 0. The van der Waals surface area contributed by atoms with E-state index in [-0.39, 0.29) is 10.2 Å². The quantitative estimate of drug-likeness (QED) is 0.615. The highest BCUT2D eigenvalue weighted by molar-refractivity contribution is 5.77.